The Kier molecular flexibility index (Phi) is 3.20. The van der Waals surface area contributed by atoms with E-state index in [4.69, 9.17) is 10.5 Å². The SMILES string of the molecule is Cc1cc(Br)c(OC(C)C)cc1N. The summed E-state index contributed by atoms with van der Waals surface area (Å²) in [5.41, 5.74) is 7.59. The molecule has 0 radical (unpaired) electrons. The monoisotopic (exact) mass is 243 g/mol. The molecule has 1 rings (SSSR count). The Bertz CT molecular complexity index is 310. The van der Waals surface area contributed by atoms with E-state index >= 15 is 0 Å². The number of ether oxygens (including phenoxy) is 1. The third-order valence-electron chi connectivity index (χ3n) is 1.68. The van der Waals surface area contributed by atoms with E-state index in [-0.39, 0.29) is 6.10 Å². The predicted molar refractivity (Wildman–Crippen MR) is 59.1 cm³/mol. The number of rotatable bonds is 2. The fourth-order valence-electron chi connectivity index (χ4n) is 1.01. The van der Waals surface area contributed by atoms with E-state index in [9.17, 15) is 0 Å². The summed E-state index contributed by atoms with van der Waals surface area (Å²) < 4.78 is 6.51. The van der Waals surface area contributed by atoms with Crippen molar-refractivity contribution in [1.82, 2.24) is 0 Å². The second-order valence-electron chi connectivity index (χ2n) is 3.31. The quantitative estimate of drug-likeness (QED) is 0.811. The van der Waals surface area contributed by atoms with Gasteiger partial charge in [0.1, 0.15) is 5.75 Å². The summed E-state index contributed by atoms with van der Waals surface area (Å²) in [6.07, 6.45) is 0.165. The first-order valence-corrected chi connectivity index (χ1v) is 5.02. The molecule has 13 heavy (non-hydrogen) atoms. The van der Waals surface area contributed by atoms with Crippen molar-refractivity contribution in [2.45, 2.75) is 26.9 Å². The summed E-state index contributed by atoms with van der Waals surface area (Å²) in [5.74, 6) is 0.804. The lowest BCUT2D eigenvalue weighted by Crippen LogP contribution is -2.06. The van der Waals surface area contributed by atoms with Crippen LogP contribution in [-0.2, 0) is 0 Å². The average Bonchev–Trinajstić information content (AvgIpc) is 1.99. The van der Waals surface area contributed by atoms with Gasteiger partial charge in [-0.2, -0.15) is 0 Å². The number of hydrogen-bond donors (Lipinski definition) is 1. The maximum atomic E-state index is 5.76. The average molecular weight is 244 g/mol. The van der Waals surface area contributed by atoms with Gasteiger partial charge in [0.15, 0.2) is 0 Å². The number of hydrogen-bond acceptors (Lipinski definition) is 2. The zero-order valence-corrected chi connectivity index (χ0v) is 9.68. The molecule has 72 valence electrons. The fraction of sp³-hybridized carbons (Fsp3) is 0.400. The first kappa shape index (κ1) is 10.4. The van der Waals surface area contributed by atoms with Crippen LogP contribution < -0.4 is 10.5 Å². The van der Waals surface area contributed by atoms with Crippen molar-refractivity contribution in [3.8, 4) is 5.75 Å². The van der Waals surface area contributed by atoms with Crippen molar-refractivity contribution in [1.29, 1.82) is 0 Å². The summed E-state index contributed by atoms with van der Waals surface area (Å²) in [6.45, 7) is 5.95. The Morgan fingerprint density at radius 3 is 2.54 bits per heavy atom. The molecule has 0 aromatic heterocycles. The molecule has 0 amide bonds. The number of anilines is 1. The molecule has 0 atom stereocenters. The van der Waals surface area contributed by atoms with Crippen LogP contribution >= 0.6 is 15.9 Å². The molecule has 0 aliphatic carbocycles. The normalized spacial score (nSPS) is 10.5. The molecular formula is C10H14BrNO. The molecule has 1 aromatic rings. The van der Waals surface area contributed by atoms with Crippen molar-refractivity contribution in [2.24, 2.45) is 0 Å². The standard InChI is InChI=1S/C10H14BrNO/c1-6(2)13-10-5-9(12)7(3)4-8(10)11/h4-6H,12H2,1-3H3. The molecule has 0 fully saturated rings. The van der Waals surface area contributed by atoms with Gasteiger partial charge in [0, 0.05) is 11.8 Å². The number of aryl methyl sites for hydroxylation is 1. The van der Waals surface area contributed by atoms with Crippen LogP contribution in [-0.4, -0.2) is 6.10 Å². The van der Waals surface area contributed by atoms with Crippen molar-refractivity contribution in [3.63, 3.8) is 0 Å². The summed E-state index contributed by atoms with van der Waals surface area (Å²) in [5, 5.41) is 0. The molecule has 0 unspecified atom stereocenters. The molecule has 2 nitrogen and oxygen atoms in total. The lowest BCUT2D eigenvalue weighted by molar-refractivity contribution is 0.241. The smallest absolute Gasteiger partial charge is 0.135 e. The van der Waals surface area contributed by atoms with Gasteiger partial charge in [0.05, 0.1) is 10.6 Å². The van der Waals surface area contributed by atoms with Crippen LogP contribution in [0.25, 0.3) is 0 Å². The van der Waals surface area contributed by atoms with E-state index < -0.39 is 0 Å². The van der Waals surface area contributed by atoms with Gasteiger partial charge in [-0.05, 0) is 48.3 Å². The minimum atomic E-state index is 0.165. The van der Waals surface area contributed by atoms with Crippen LogP contribution in [0.1, 0.15) is 19.4 Å². The zero-order valence-electron chi connectivity index (χ0n) is 8.10. The number of nitrogen functional groups attached to an aromatic ring is 1. The van der Waals surface area contributed by atoms with Gasteiger partial charge in [-0.25, -0.2) is 0 Å². The highest BCUT2D eigenvalue weighted by Crippen LogP contribution is 2.30. The van der Waals surface area contributed by atoms with Crippen LogP contribution in [0.3, 0.4) is 0 Å². The van der Waals surface area contributed by atoms with E-state index in [0.29, 0.717) is 0 Å². The van der Waals surface area contributed by atoms with Crippen molar-refractivity contribution in [2.75, 3.05) is 5.73 Å². The Hall–Kier alpha value is -0.700. The second-order valence-corrected chi connectivity index (χ2v) is 4.16. The van der Waals surface area contributed by atoms with Crippen molar-refractivity contribution >= 4 is 21.6 Å². The predicted octanol–water partition coefficient (Wildman–Crippen LogP) is 3.13. The van der Waals surface area contributed by atoms with Crippen LogP contribution in [0.2, 0.25) is 0 Å². The third-order valence-corrected chi connectivity index (χ3v) is 2.30. The van der Waals surface area contributed by atoms with Gasteiger partial charge in [0.25, 0.3) is 0 Å². The molecule has 0 aliphatic heterocycles. The third kappa shape index (κ3) is 2.62. The first-order chi connectivity index (χ1) is 6.00. The fourth-order valence-corrected chi connectivity index (χ4v) is 1.56. The second kappa shape index (κ2) is 4.01. The highest BCUT2D eigenvalue weighted by molar-refractivity contribution is 9.10. The Morgan fingerprint density at radius 1 is 1.38 bits per heavy atom. The Labute approximate surface area is 87.2 Å². The van der Waals surface area contributed by atoms with Gasteiger partial charge in [-0.3, -0.25) is 0 Å². The maximum absolute atomic E-state index is 5.76. The summed E-state index contributed by atoms with van der Waals surface area (Å²) >= 11 is 3.43. The lowest BCUT2D eigenvalue weighted by Gasteiger charge is -2.13. The molecule has 0 bridgehead atoms. The molecular weight excluding hydrogens is 230 g/mol. The van der Waals surface area contributed by atoms with Crippen molar-refractivity contribution < 1.29 is 4.74 Å². The van der Waals surface area contributed by atoms with Crippen LogP contribution in [0.15, 0.2) is 16.6 Å². The number of halogens is 1. The number of benzene rings is 1. The van der Waals surface area contributed by atoms with Gasteiger partial charge in [-0.1, -0.05) is 0 Å². The number of nitrogens with two attached hydrogens (primary N) is 1. The van der Waals surface area contributed by atoms with E-state index in [1.165, 1.54) is 0 Å². The molecule has 2 N–H and O–H groups in total. The maximum Gasteiger partial charge on any atom is 0.135 e. The van der Waals surface area contributed by atoms with Gasteiger partial charge in [0.2, 0.25) is 0 Å². The highest BCUT2D eigenvalue weighted by atomic mass is 79.9. The van der Waals surface area contributed by atoms with Crippen LogP contribution in [0, 0.1) is 6.92 Å². The van der Waals surface area contributed by atoms with E-state index in [2.05, 4.69) is 15.9 Å². The molecule has 0 heterocycles. The van der Waals surface area contributed by atoms with E-state index in [1.807, 2.05) is 32.9 Å². The summed E-state index contributed by atoms with van der Waals surface area (Å²) in [4.78, 5) is 0. The summed E-state index contributed by atoms with van der Waals surface area (Å²) in [7, 11) is 0. The molecule has 0 aliphatic rings. The molecule has 0 saturated heterocycles. The van der Waals surface area contributed by atoms with Crippen molar-refractivity contribution in [3.05, 3.63) is 22.2 Å². The Morgan fingerprint density at radius 2 is 2.00 bits per heavy atom. The van der Waals surface area contributed by atoms with Crippen LogP contribution in [0.5, 0.6) is 5.75 Å². The van der Waals surface area contributed by atoms with Gasteiger partial charge in [-0.15, -0.1) is 0 Å². The lowest BCUT2D eigenvalue weighted by atomic mass is 10.2. The topological polar surface area (TPSA) is 35.2 Å². The van der Waals surface area contributed by atoms with E-state index in [1.54, 1.807) is 0 Å². The van der Waals surface area contributed by atoms with Gasteiger partial charge >= 0.3 is 0 Å². The zero-order chi connectivity index (χ0) is 10.0. The molecule has 3 heteroatoms. The van der Waals surface area contributed by atoms with Gasteiger partial charge < -0.3 is 10.5 Å². The summed E-state index contributed by atoms with van der Waals surface area (Å²) in [6, 6.07) is 3.81. The first-order valence-electron chi connectivity index (χ1n) is 4.23. The highest BCUT2D eigenvalue weighted by Gasteiger charge is 2.05. The largest absolute Gasteiger partial charge is 0.490 e. The van der Waals surface area contributed by atoms with Crippen LogP contribution in [0.4, 0.5) is 5.69 Å². The minimum absolute atomic E-state index is 0.165. The Balaban J connectivity index is 3.01. The molecule has 1 aromatic carbocycles. The minimum Gasteiger partial charge on any atom is -0.490 e. The van der Waals surface area contributed by atoms with E-state index in [0.717, 1.165) is 21.5 Å². The molecule has 0 saturated carbocycles. The molecule has 0 spiro atoms.